The Bertz CT molecular complexity index is 584. The molecular weight excluding hydrogens is 230 g/mol. The van der Waals surface area contributed by atoms with Crippen molar-refractivity contribution in [3.8, 4) is 5.75 Å². The van der Waals surface area contributed by atoms with Crippen LogP contribution >= 0.6 is 0 Å². The summed E-state index contributed by atoms with van der Waals surface area (Å²) in [4.78, 5) is 14.1. The van der Waals surface area contributed by atoms with Crippen LogP contribution in [0.25, 0.3) is 10.9 Å². The first kappa shape index (κ1) is 12.5. The zero-order valence-corrected chi connectivity index (χ0v) is 10.8. The second kappa shape index (κ2) is 4.37. The summed E-state index contributed by atoms with van der Waals surface area (Å²) < 4.78 is 5.29. The molecule has 0 aliphatic rings. The van der Waals surface area contributed by atoms with Crippen molar-refractivity contribution in [1.82, 2.24) is 4.98 Å². The van der Waals surface area contributed by atoms with E-state index in [1.807, 2.05) is 38.2 Å². The number of hydrogen-bond donors (Lipinski definition) is 2. The molecule has 0 saturated heterocycles. The molecule has 0 bridgehead atoms. The van der Waals surface area contributed by atoms with Gasteiger partial charge in [0.1, 0.15) is 5.75 Å². The fourth-order valence-electron chi connectivity index (χ4n) is 2.36. The molecule has 1 aromatic carbocycles. The summed E-state index contributed by atoms with van der Waals surface area (Å²) in [5.74, 6) is -0.0237. The van der Waals surface area contributed by atoms with Crippen LogP contribution in [0.3, 0.4) is 0 Å². The van der Waals surface area contributed by atoms with E-state index in [0.717, 1.165) is 22.2 Å². The molecule has 1 heterocycles. The normalized spacial score (nSPS) is 11.7. The molecule has 0 spiro atoms. The maximum Gasteiger partial charge on any atom is 0.304 e. The van der Waals surface area contributed by atoms with E-state index in [1.165, 1.54) is 0 Å². The second-order valence-electron chi connectivity index (χ2n) is 5.04. The molecule has 0 aliphatic carbocycles. The lowest BCUT2D eigenvalue weighted by atomic mass is 9.80. The van der Waals surface area contributed by atoms with Gasteiger partial charge in [0.25, 0.3) is 0 Å². The number of H-pyrrole nitrogens is 1. The molecule has 1 aromatic heterocycles. The quantitative estimate of drug-likeness (QED) is 0.873. The number of aliphatic carboxylic acids is 1. The van der Waals surface area contributed by atoms with Gasteiger partial charge < -0.3 is 14.8 Å². The van der Waals surface area contributed by atoms with Gasteiger partial charge in [-0.15, -0.1) is 0 Å². The average Bonchev–Trinajstić information content (AvgIpc) is 2.74. The number of nitrogens with one attached hydrogen (secondary N) is 1. The maximum absolute atomic E-state index is 11.0. The maximum atomic E-state index is 11.0. The first-order valence-electron chi connectivity index (χ1n) is 5.82. The van der Waals surface area contributed by atoms with Gasteiger partial charge in [-0.1, -0.05) is 19.9 Å². The van der Waals surface area contributed by atoms with E-state index in [-0.39, 0.29) is 6.42 Å². The van der Waals surface area contributed by atoms with Crippen molar-refractivity contribution in [2.75, 3.05) is 7.11 Å². The van der Waals surface area contributed by atoms with E-state index in [2.05, 4.69) is 4.98 Å². The Kier molecular flexibility index (Phi) is 3.03. The minimum Gasteiger partial charge on any atom is -0.495 e. The fourth-order valence-corrected chi connectivity index (χ4v) is 2.36. The first-order valence-corrected chi connectivity index (χ1v) is 5.82. The Balaban J connectivity index is 2.58. The largest absolute Gasteiger partial charge is 0.495 e. The molecule has 4 nitrogen and oxygen atoms in total. The van der Waals surface area contributed by atoms with Crippen molar-refractivity contribution in [2.45, 2.75) is 25.7 Å². The highest BCUT2D eigenvalue weighted by Crippen LogP contribution is 2.36. The van der Waals surface area contributed by atoms with E-state index < -0.39 is 11.4 Å². The predicted octanol–water partition coefficient (Wildman–Crippen LogP) is 2.93. The van der Waals surface area contributed by atoms with Gasteiger partial charge in [-0.2, -0.15) is 0 Å². The Labute approximate surface area is 106 Å². The van der Waals surface area contributed by atoms with Crippen LogP contribution in [0.2, 0.25) is 0 Å². The Morgan fingerprint density at radius 3 is 2.72 bits per heavy atom. The van der Waals surface area contributed by atoms with Crippen molar-refractivity contribution in [2.24, 2.45) is 0 Å². The predicted molar refractivity (Wildman–Crippen MR) is 70.1 cm³/mol. The number of carbonyl (C=O) groups is 1. The van der Waals surface area contributed by atoms with E-state index >= 15 is 0 Å². The zero-order chi connectivity index (χ0) is 13.3. The van der Waals surface area contributed by atoms with E-state index in [4.69, 9.17) is 9.84 Å². The second-order valence-corrected chi connectivity index (χ2v) is 5.04. The Morgan fingerprint density at radius 1 is 1.39 bits per heavy atom. The standard InChI is InChI=1S/C14H17NO3/c1-14(2,8-12(16)17)10-4-5-11(18-3)13-9(10)6-7-15-13/h4-7,15H,8H2,1-3H3,(H,16,17). The number of rotatable bonds is 4. The molecule has 0 amide bonds. The monoisotopic (exact) mass is 247 g/mol. The zero-order valence-electron chi connectivity index (χ0n) is 10.8. The van der Waals surface area contributed by atoms with Crippen molar-refractivity contribution in [1.29, 1.82) is 0 Å². The number of benzene rings is 1. The minimum atomic E-state index is -0.792. The lowest BCUT2D eigenvalue weighted by molar-refractivity contribution is -0.138. The molecule has 0 unspecified atom stereocenters. The molecule has 18 heavy (non-hydrogen) atoms. The Morgan fingerprint density at radius 2 is 2.11 bits per heavy atom. The van der Waals surface area contributed by atoms with Gasteiger partial charge in [-0.25, -0.2) is 0 Å². The van der Waals surface area contributed by atoms with E-state index in [0.29, 0.717) is 0 Å². The summed E-state index contributed by atoms with van der Waals surface area (Å²) in [5.41, 5.74) is 1.51. The number of aromatic amines is 1. The van der Waals surface area contributed by atoms with Crippen molar-refractivity contribution < 1.29 is 14.6 Å². The van der Waals surface area contributed by atoms with Gasteiger partial charge in [0.15, 0.2) is 0 Å². The van der Waals surface area contributed by atoms with E-state index in [1.54, 1.807) is 7.11 Å². The third-order valence-corrected chi connectivity index (χ3v) is 3.23. The van der Waals surface area contributed by atoms with Crippen LogP contribution in [-0.2, 0) is 10.2 Å². The molecular formula is C14H17NO3. The van der Waals surface area contributed by atoms with Crippen LogP contribution in [0.5, 0.6) is 5.75 Å². The average molecular weight is 247 g/mol. The number of aromatic nitrogens is 1. The summed E-state index contributed by atoms with van der Waals surface area (Å²) in [7, 11) is 1.62. The van der Waals surface area contributed by atoms with Crippen molar-refractivity contribution >= 4 is 16.9 Å². The number of ether oxygens (including phenoxy) is 1. The van der Waals surface area contributed by atoms with Crippen LogP contribution in [0, 0.1) is 0 Å². The van der Waals surface area contributed by atoms with Crippen LogP contribution in [0.4, 0.5) is 0 Å². The molecule has 0 atom stereocenters. The Hall–Kier alpha value is -1.97. The van der Waals surface area contributed by atoms with E-state index in [9.17, 15) is 4.79 Å². The molecule has 4 heteroatoms. The number of hydrogen-bond acceptors (Lipinski definition) is 2. The third-order valence-electron chi connectivity index (χ3n) is 3.23. The van der Waals surface area contributed by atoms with Gasteiger partial charge >= 0.3 is 5.97 Å². The summed E-state index contributed by atoms with van der Waals surface area (Å²) in [6.07, 6.45) is 1.94. The lowest BCUT2D eigenvalue weighted by Crippen LogP contribution is -2.21. The summed E-state index contributed by atoms with van der Waals surface area (Å²) in [6, 6.07) is 5.77. The highest BCUT2D eigenvalue weighted by atomic mass is 16.5. The summed E-state index contributed by atoms with van der Waals surface area (Å²) >= 11 is 0. The fraction of sp³-hybridized carbons (Fsp3) is 0.357. The molecule has 2 rings (SSSR count). The summed E-state index contributed by atoms with van der Waals surface area (Å²) in [5, 5.41) is 10.0. The molecule has 2 aromatic rings. The smallest absolute Gasteiger partial charge is 0.304 e. The van der Waals surface area contributed by atoms with Crippen LogP contribution < -0.4 is 4.74 Å². The van der Waals surface area contributed by atoms with Gasteiger partial charge in [-0.3, -0.25) is 4.79 Å². The molecule has 0 radical (unpaired) electrons. The van der Waals surface area contributed by atoms with Crippen LogP contribution in [0.1, 0.15) is 25.8 Å². The van der Waals surface area contributed by atoms with Crippen molar-refractivity contribution in [3.63, 3.8) is 0 Å². The number of carboxylic acid groups (broad SMARTS) is 1. The molecule has 0 aliphatic heterocycles. The third kappa shape index (κ3) is 2.06. The SMILES string of the molecule is COc1ccc(C(C)(C)CC(=O)O)c2cc[nH]c12. The topological polar surface area (TPSA) is 62.3 Å². The van der Waals surface area contributed by atoms with Crippen molar-refractivity contribution in [3.05, 3.63) is 30.0 Å². The van der Waals surface area contributed by atoms with Crippen LogP contribution in [0.15, 0.2) is 24.4 Å². The minimum absolute atomic E-state index is 0.0968. The number of methoxy groups -OCH3 is 1. The molecule has 0 fully saturated rings. The van der Waals surface area contributed by atoms with Gasteiger partial charge in [0, 0.05) is 17.0 Å². The highest BCUT2D eigenvalue weighted by molar-refractivity contribution is 5.89. The highest BCUT2D eigenvalue weighted by Gasteiger charge is 2.26. The van der Waals surface area contributed by atoms with Gasteiger partial charge in [0.2, 0.25) is 0 Å². The van der Waals surface area contributed by atoms with Crippen LogP contribution in [-0.4, -0.2) is 23.2 Å². The molecule has 2 N–H and O–H groups in total. The van der Waals surface area contributed by atoms with Gasteiger partial charge in [0.05, 0.1) is 19.0 Å². The number of fused-ring (bicyclic) bond motifs is 1. The first-order chi connectivity index (χ1) is 8.45. The molecule has 0 saturated carbocycles. The van der Waals surface area contributed by atoms with Gasteiger partial charge in [-0.05, 0) is 17.7 Å². The lowest BCUT2D eigenvalue weighted by Gasteiger charge is -2.24. The number of carboxylic acids is 1. The molecule has 96 valence electrons. The summed E-state index contributed by atoms with van der Waals surface area (Å²) in [6.45, 7) is 3.88.